The zero-order valence-electron chi connectivity index (χ0n) is 35.1. The molecule has 8 aromatic carbocycles. The van der Waals surface area contributed by atoms with Crippen molar-refractivity contribution in [2.24, 2.45) is 0 Å². The first-order valence-corrected chi connectivity index (χ1v) is 21.7. The van der Waals surface area contributed by atoms with Crippen molar-refractivity contribution in [3.63, 3.8) is 0 Å². The Hall–Kier alpha value is -7.56. The molecule has 0 bridgehead atoms. The summed E-state index contributed by atoms with van der Waals surface area (Å²) in [5.74, 6) is 0.653. The number of hydrogen-bond acceptors (Lipinski definition) is 2. The summed E-state index contributed by atoms with van der Waals surface area (Å²) in [6.45, 7) is 9.45. The average molecular weight is 795 g/mol. The fourth-order valence-corrected chi connectivity index (χ4v) is 11.0. The summed E-state index contributed by atoms with van der Waals surface area (Å²) in [5, 5.41) is 4.87. The van der Waals surface area contributed by atoms with Gasteiger partial charge in [-0.15, -0.1) is 0 Å². The van der Waals surface area contributed by atoms with Crippen LogP contribution in [0.2, 0.25) is 0 Å². The van der Waals surface area contributed by atoms with E-state index in [0.29, 0.717) is 5.95 Å². The number of fused-ring (bicyclic) bond motifs is 12. The van der Waals surface area contributed by atoms with E-state index < -0.39 is 0 Å². The maximum atomic E-state index is 5.41. The van der Waals surface area contributed by atoms with Gasteiger partial charge >= 0.3 is 0 Å². The van der Waals surface area contributed by atoms with Crippen LogP contribution in [0.1, 0.15) is 49.9 Å². The van der Waals surface area contributed by atoms with Crippen LogP contribution in [0.5, 0.6) is 0 Å². The van der Waals surface area contributed by atoms with Crippen LogP contribution < -0.4 is 0 Å². The Balaban J connectivity index is 1.12. The lowest BCUT2D eigenvalue weighted by molar-refractivity contribution is 0.661. The van der Waals surface area contributed by atoms with Gasteiger partial charge in [0.15, 0.2) is 0 Å². The fraction of sp³-hybridized carbons (Fsp3) is 0.103. The Labute approximate surface area is 360 Å². The van der Waals surface area contributed by atoms with Gasteiger partial charge in [0.05, 0.1) is 33.5 Å². The third-order valence-electron chi connectivity index (χ3n) is 14.1. The molecular formula is C58H42N4. The summed E-state index contributed by atoms with van der Waals surface area (Å²) < 4.78 is 4.80. The molecule has 0 unspecified atom stereocenters. The van der Waals surface area contributed by atoms with Crippen LogP contribution in [-0.2, 0) is 10.8 Å². The SMILES string of the molecule is CC1(C)c2ccccc2-c2cc3c4ccccc4n(-c4ccc5c(c4)c4cc6c(cc4n5-c4nc(-c5ccccc5)cc(-c5ccccc5)n4)C(C)(C)c4ccccc4-6)c3cc21. The Morgan fingerprint density at radius 1 is 0.339 bits per heavy atom. The van der Waals surface area contributed by atoms with Gasteiger partial charge in [-0.05, 0) is 99.1 Å². The molecule has 0 spiro atoms. The molecule has 0 saturated heterocycles. The summed E-state index contributed by atoms with van der Waals surface area (Å²) in [5.41, 5.74) is 20.0. The van der Waals surface area contributed by atoms with E-state index in [1.54, 1.807) is 0 Å². The summed E-state index contributed by atoms with van der Waals surface area (Å²) in [4.78, 5) is 10.8. The molecule has 0 N–H and O–H groups in total. The minimum Gasteiger partial charge on any atom is -0.309 e. The molecule has 0 fully saturated rings. The standard InChI is InChI=1S/C58H42N4/c1-57(2)46-24-14-11-21-38(46)41-30-44-40-23-13-16-26-52(40)61(54(44)32-48(41)57)37-27-28-53-43(29-37)45-31-42-39-22-12-15-25-47(39)58(3,4)49(42)33-55(45)62(53)56-59-50(35-17-7-5-8-18-35)34-51(60-56)36-19-9-6-10-20-36/h5-34H,1-4H3. The van der Waals surface area contributed by atoms with Crippen molar-refractivity contribution in [3.8, 4) is 56.4 Å². The molecule has 2 aliphatic rings. The summed E-state index contributed by atoms with van der Waals surface area (Å²) in [6.07, 6.45) is 0. The van der Waals surface area contributed by atoms with Crippen LogP contribution in [0.25, 0.3) is 100 Å². The Morgan fingerprint density at radius 3 is 1.40 bits per heavy atom. The topological polar surface area (TPSA) is 35.6 Å². The zero-order valence-corrected chi connectivity index (χ0v) is 35.1. The van der Waals surface area contributed by atoms with Gasteiger partial charge in [0.1, 0.15) is 0 Å². The number of rotatable bonds is 4. The number of benzene rings is 8. The lowest BCUT2D eigenvalue weighted by atomic mass is 9.82. The van der Waals surface area contributed by atoms with Crippen molar-refractivity contribution >= 4 is 43.6 Å². The maximum Gasteiger partial charge on any atom is 0.235 e. The van der Waals surface area contributed by atoms with Crippen molar-refractivity contribution in [3.05, 3.63) is 204 Å². The summed E-state index contributed by atoms with van der Waals surface area (Å²) in [6, 6.07) is 66.6. The van der Waals surface area contributed by atoms with Crippen molar-refractivity contribution in [2.45, 2.75) is 38.5 Å². The fourth-order valence-electron chi connectivity index (χ4n) is 11.0. The van der Waals surface area contributed by atoms with E-state index in [1.807, 2.05) is 0 Å². The van der Waals surface area contributed by atoms with Crippen LogP contribution >= 0.6 is 0 Å². The largest absolute Gasteiger partial charge is 0.309 e. The number of hydrogen-bond donors (Lipinski definition) is 0. The first-order chi connectivity index (χ1) is 30.3. The third-order valence-corrected chi connectivity index (χ3v) is 14.1. The van der Waals surface area contributed by atoms with Gasteiger partial charge in [0, 0.05) is 49.2 Å². The second-order valence-electron chi connectivity index (χ2n) is 18.2. The highest BCUT2D eigenvalue weighted by Crippen LogP contribution is 2.53. The Bertz CT molecular complexity index is 3620. The summed E-state index contributed by atoms with van der Waals surface area (Å²) in [7, 11) is 0. The molecule has 294 valence electrons. The van der Waals surface area contributed by atoms with Gasteiger partial charge in [-0.3, -0.25) is 4.57 Å². The highest BCUT2D eigenvalue weighted by atomic mass is 15.2. The van der Waals surface area contributed by atoms with Crippen LogP contribution in [0.4, 0.5) is 0 Å². The lowest BCUT2D eigenvalue weighted by Crippen LogP contribution is -2.15. The van der Waals surface area contributed by atoms with E-state index in [9.17, 15) is 0 Å². The van der Waals surface area contributed by atoms with Gasteiger partial charge in [-0.1, -0.05) is 155 Å². The quantitative estimate of drug-likeness (QED) is 0.178. The molecule has 3 aromatic heterocycles. The molecule has 0 saturated carbocycles. The van der Waals surface area contributed by atoms with E-state index in [1.165, 1.54) is 71.7 Å². The Morgan fingerprint density at radius 2 is 0.806 bits per heavy atom. The Kier molecular flexibility index (Phi) is 7.10. The molecule has 62 heavy (non-hydrogen) atoms. The highest BCUT2D eigenvalue weighted by molar-refractivity contribution is 6.14. The van der Waals surface area contributed by atoms with Gasteiger partial charge in [0.25, 0.3) is 0 Å². The average Bonchev–Trinajstić information content (AvgIpc) is 3.96. The van der Waals surface area contributed by atoms with Gasteiger partial charge in [0.2, 0.25) is 5.95 Å². The molecular weight excluding hydrogens is 753 g/mol. The molecule has 2 aliphatic carbocycles. The maximum absolute atomic E-state index is 5.41. The predicted octanol–water partition coefficient (Wildman–Crippen LogP) is 14.6. The number of para-hydroxylation sites is 1. The molecule has 0 atom stereocenters. The van der Waals surface area contributed by atoms with E-state index in [-0.39, 0.29) is 10.8 Å². The second kappa shape index (κ2) is 12.5. The smallest absolute Gasteiger partial charge is 0.235 e. The minimum atomic E-state index is -0.175. The number of aromatic nitrogens is 4. The van der Waals surface area contributed by atoms with Gasteiger partial charge < -0.3 is 4.57 Å². The van der Waals surface area contributed by atoms with E-state index in [2.05, 4.69) is 219 Å². The second-order valence-corrected chi connectivity index (χ2v) is 18.2. The van der Waals surface area contributed by atoms with Crippen molar-refractivity contribution in [1.29, 1.82) is 0 Å². The number of nitrogens with zero attached hydrogens (tertiary/aromatic N) is 4. The first-order valence-electron chi connectivity index (χ1n) is 21.7. The van der Waals surface area contributed by atoms with Crippen LogP contribution in [0.15, 0.2) is 182 Å². The highest BCUT2D eigenvalue weighted by Gasteiger charge is 2.38. The van der Waals surface area contributed by atoms with Crippen molar-refractivity contribution < 1.29 is 0 Å². The molecule has 0 amide bonds. The molecule has 4 nitrogen and oxygen atoms in total. The molecule has 11 aromatic rings. The van der Waals surface area contributed by atoms with Crippen LogP contribution in [-0.4, -0.2) is 19.1 Å². The lowest BCUT2D eigenvalue weighted by Gasteiger charge is -2.21. The summed E-state index contributed by atoms with van der Waals surface area (Å²) >= 11 is 0. The normalized spacial score (nSPS) is 14.4. The van der Waals surface area contributed by atoms with Crippen LogP contribution in [0, 0.1) is 0 Å². The van der Waals surface area contributed by atoms with Crippen molar-refractivity contribution in [2.75, 3.05) is 0 Å². The molecule has 13 rings (SSSR count). The monoisotopic (exact) mass is 794 g/mol. The van der Waals surface area contributed by atoms with Gasteiger partial charge in [-0.2, -0.15) is 0 Å². The first kappa shape index (κ1) is 35.2. The van der Waals surface area contributed by atoms with E-state index in [0.717, 1.165) is 44.6 Å². The van der Waals surface area contributed by atoms with Crippen LogP contribution in [0.3, 0.4) is 0 Å². The zero-order chi connectivity index (χ0) is 41.5. The third kappa shape index (κ3) is 4.78. The molecule has 3 heterocycles. The van der Waals surface area contributed by atoms with Gasteiger partial charge in [-0.25, -0.2) is 9.97 Å². The van der Waals surface area contributed by atoms with E-state index >= 15 is 0 Å². The molecule has 0 radical (unpaired) electrons. The minimum absolute atomic E-state index is 0.115. The molecule has 0 aliphatic heterocycles. The predicted molar refractivity (Wildman–Crippen MR) is 257 cm³/mol. The molecule has 4 heteroatoms. The van der Waals surface area contributed by atoms with Crippen molar-refractivity contribution in [1.82, 2.24) is 19.1 Å². The van der Waals surface area contributed by atoms with E-state index in [4.69, 9.17) is 9.97 Å².